The molecule has 120 valence electrons. The summed E-state index contributed by atoms with van der Waals surface area (Å²) in [4.78, 5) is 14.8. The number of nitrogens with one attached hydrogen (secondary N) is 1. The van der Waals surface area contributed by atoms with Crippen molar-refractivity contribution in [2.45, 2.75) is 64.3 Å². The summed E-state index contributed by atoms with van der Waals surface area (Å²) < 4.78 is 0. The molecule has 0 aliphatic heterocycles. The number of amides is 1. The Morgan fingerprint density at radius 1 is 1.18 bits per heavy atom. The number of aryl methyl sites for hydroxylation is 1. The Morgan fingerprint density at radius 3 is 2.95 bits per heavy atom. The fourth-order valence-electron chi connectivity index (χ4n) is 5.13. The minimum absolute atomic E-state index is 0.285. The molecule has 0 radical (unpaired) electrons. The maximum atomic E-state index is 12.9. The third-order valence-corrected chi connectivity index (χ3v) is 6.31. The minimum Gasteiger partial charge on any atom is -0.340 e. The lowest BCUT2D eigenvalue weighted by Crippen LogP contribution is -2.34. The van der Waals surface area contributed by atoms with Crippen LogP contribution in [-0.2, 0) is 24.2 Å². The first-order valence-corrected chi connectivity index (χ1v) is 9.04. The zero-order chi connectivity index (χ0) is 15.1. The van der Waals surface area contributed by atoms with Gasteiger partial charge in [0.2, 0.25) is 5.91 Å². The van der Waals surface area contributed by atoms with Crippen LogP contribution in [0.2, 0.25) is 0 Å². The normalized spacial score (nSPS) is 30.1. The van der Waals surface area contributed by atoms with Crippen molar-refractivity contribution in [1.82, 2.24) is 15.1 Å². The maximum Gasteiger partial charge on any atom is 0.226 e. The Hall–Kier alpha value is -1.32. The van der Waals surface area contributed by atoms with E-state index in [1.165, 1.54) is 49.8 Å². The summed E-state index contributed by atoms with van der Waals surface area (Å²) in [6.45, 7) is 0.679. The van der Waals surface area contributed by atoms with Gasteiger partial charge in [0.25, 0.3) is 0 Å². The van der Waals surface area contributed by atoms with Gasteiger partial charge in [-0.3, -0.25) is 9.89 Å². The Balaban J connectivity index is 1.44. The van der Waals surface area contributed by atoms with Crippen LogP contribution in [0.1, 0.15) is 61.9 Å². The number of hydrogen-bond donors (Lipinski definition) is 1. The Labute approximate surface area is 132 Å². The Bertz CT molecular complexity index is 565. The van der Waals surface area contributed by atoms with Gasteiger partial charge in [0.05, 0.1) is 12.2 Å². The van der Waals surface area contributed by atoms with Crippen molar-refractivity contribution in [3.05, 3.63) is 17.0 Å². The first-order valence-electron chi connectivity index (χ1n) is 9.04. The monoisotopic (exact) mass is 301 g/mol. The molecule has 3 aliphatic rings. The molecule has 0 saturated heterocycles. The number of nitrogens with zero attached hydrogens (tertiary/aromatic N) is 2. The lowest BCUT2D eigenvalue weighted by molar-refractivity contribution is -0.136. The van der Waals surface area contributed by atoms with Gasteiger partial charge in [0, 0.05) is 18.7 Å². The van der Waals surface area contributed by atoms with Gasteiger partial charge in [-0.1, -0.05) is 12.8 Å². The molecule has 0 aromatic carbocycles. The molecule has 0 unspecified atom stereocenters. The molecule has 1 aromatic rings. The number of aromatic nitrogens is 2. The third kappa shape index (κ3) is 2.37. The highest BCUT2D eigenvalue weighted by atomic mass is 16.2. The van der Waals surface area contributed by atoms with Crippen molar-refractivity contribution < 1.29 is 4.79 Å². The van der Waals surface area contributed by atoms with Crippen molar-refractivity contribution in [3.8, 4) is 0 Å². The number of fused-ring (bicyclic) bond motifs is 2. The summed E-state index contributed by atoms with van der Waals surface area (Å²) in [6, 6.07) is 0. The summed E-state index contributed by atoms with van der Waals surface area (Å²) in [5, 5.41) is 7.68. The summed E-state index contributed by atoms with van der Waals surface area (Å²) in [5.41, 5.74) is 3.79. The van der Waals surface area contributed by atoms with Gasteiger partial charge in [0.1, 0.15) is 0 Å². The lowest BCUT2D eigenvalue weighted by atomic mass is 9.91. The largest absolute Gasteiger partial charge is 0.340 e. The van der Waals surface area contributed by atoms with Crippen LogP contribution in [0.5, 0.6) is 0 Å². The van der Waals surface area contributed by atoms with Crippen LogP contribution in [0.15, 0.2) is 0 Å². The van der Waals surface area contributed by atoms with Crippen LogP contribution in [0.3, 0.4) is 0 Å². The van der Waals surface area contributed by atoms with E-state index >= 15 is 0 Å². The molecule has 0 bridgehead atoms. The summed E-state index contributed by atoms with van der Waals surface area (Å²) in [6.07, 6.45) is 11.1. The highest BCUT2D eigenvalue weighted by Crippen LogP contribution is 2.48. The lowest BCUT2D eigenvalue weighted by Gasteiger charge is -2.25. The molecule has 0 spiro atoms. The van der Waals surface area contributed by atoms with E-state index < -0.39 is 0 Å². The minimum atomic E-state index is 0.285. The third-order valence-electron chi connectivity index (χ3n) is 6.31. The summed E-state index contributed by atoms with van der Waals surface area (Å²) in [5.74, 6) is 2.15. The van der Waals surface area contributed by atoms with Gasteiger partial charge in [-0.2, -0.15) is 5.10 Å². The van der Waals surface area contributed by atoms with Crippen molar-refractivity contribution in [3.63, 3.8) is 0 Å². The van der Waals surface area contributed by atoms with Gasteiger partial charge in [-0.15, -0.1) is 0 Å². The zero-order valence-corrected chi connectivity index (χ0v) is 13.6. The Kier molecular flexibility index (Phi) is 3.71. The number of carbonyl (C=O) groups is 1. The van der Waals surface area contributed by atoms with E-state index in [4.69, 9.17) is 0 Å². The maximum absolute atomic E-state index is 12.9. The van der Waals surface area contributed by atoms with E-state index in [0.29, 0.717) is 18.4 Å². The summed E-state index contributed by atoms with van der Waals surface area (Å²) in [7, 11) is 1.97. The highest BCUT2D eigenvalue weighted by Gasteiger charge is 2.43. The Morgan fingerprint density at radius 2 is 2.05 bits per heavy atom. The van der Waals surface area contributed by atoms with E-state index in [1.807, 2.05) is 11.9 Å². The fourth-order valence-corrected chi connectivity index (χ4v) is 5.13. The molecule has 1 N–H and O–H groups in total. The number of hydrogen-bond acceptors (Lipinski definition) is 2. The molecule has 4 heteroatoms. The molecule has 1 aromatic heterocycles. The SMILES string of the molecule is CN(Cc1n[nH]c2c1CCCC2)C(=O)[C@H]1CC[C@@H]2CCC[C@@H]21. The quantitative estimate of drug-likeness (QED) is 0.932. The first kappa shape index (κ1) is 14.3. The average molecular weight is 301 g/mol. The van der Waals surface area contributed by atoms with Crippen LogP contribution < -0.4 is 0 Å². The molecule has 1 amide bonds. The molecule has 2 fully saturated rings. The number of rotatable bonds is 3. The van der Waals surface area contributed by atoms with Gasteiger partial charge in [-0.25, -0.2) is 0 Å². The molecule has 22 heavy (non-hydrogen) atoms. The van der Waals surface area contributed by atoms with Gasteiger partial charge < -0.3 is 4.90 Å². The van der Waals surface area contributed by atoms with Gasteiger partial charge >= 0.3 is 0 Å². The topological polar surface area (TPSA) is 49.0 Å². The molecular weight excluding hydrogens is 274 g/mol. The smallest absolute Gasteiger partial charge is 0.226 e. The molecule has 2 saturated carbocycles. The van der Waals surface area contributed by atoms with Crippen molar-refractivity contribution in [1.29, 1.82) is 0 Å². The second-order valence-corrected chi connectivity index (χ2v) is 7.57. The standard InChI is InChI=1S/C18H27N3O/c1-21(11-17-15-6-2-3-8-16(15)19-20-17)18(22)14-10-9-12-5-4-7-13(12)14/h12-14H,2-11H2,1H3,(H,19,20)/t12-,13-,14-/m0/s1. The van der Waals surface area contributed by atoms with E-state index in [1.54, 1.807) is 0 Å². The molecular formula is C18H27N3O. The molecule has 3 aliphatic carbocycles. The summed E-state index contributed by atoms with van der Waals surface area (Å²) >= 11 is 0. The molecule has 4 rings (SSSR count). The molecule has 3 atom stereocenters. The van der Waals surface area contributed by atoms with Gasteiger partial charge in [-0.05, 0) is 62.3 Å². The van der Waals surface area contributed by atoms with E-state index in [0.717, 1.165) is 30.9 Å². The van der Waals surface area contributed by atoms with Gasteiger partial charge in [0.15, 0.2) is 0 Å². The molecule has 1 heterocycles. The van der Waals surface area contributed by atoms with Crippen LogP contribution in [-0.4, -0.2) is 28.1 Å². The number of H-pyrrole nitrogens is 1. The van der Waals surface area contributed by atoms with Crippen LogP contribution in [0.25, 0.3) is 0 Å². The molecule has 4 nitrogen and oxygen atoms in total. The van der Waals surface area contributed by atoms with E-state index in [-0.39, 0.29) is 5.92 Å². The zero-order valence-electron chi connectivity index (χ0n) is 13.6. The predicted molar refractivity (Wildman–Crippen MR) is 85.3 cm³/mol. The second kappa shape index (κ2) is 5.71. The van der Waals surface area contributed by atoms with Crippen molar-refractivity contribution in [2.75, 3.05) is 7.05 Å². The van der Waals surface area contributed by atoms with Crippen LogP contribution >= 0.6 is 0 Å². The first-order chi connectivity index (χ1) is 10.7. The average Bonchev–Trinajstić information content (AvgIpc) is 3.22. The fraction of sp³-hybridized carbons (Fsp3) is 0.778. The number of carbonyl (C=O) groups excluding carboxylic acids is 1. The van der Waals surface area contributed by atoms with Crippen LogP contribution in [0.4, 0.5) is 0 Å². The van der Waals surface area contributed by atoms with Crippen molar-refractivity contribution in [2.24, 2.45) is 17.8 Å². The van der Waals surface area contributed by atoms with E-state index in [9.17, 15) is 4.79 Å². The second-order valence-electron chi connectivity index (χ2n) is 7.57. The number of aromatic amines is 1. The van der Waals surface area contributed by atoms with Crippen molar-refractivity contribution >= 4 is 5.91 Å². The van der Waals surface area contributed by atoms with Crippen LogP contribution in [0, 0.1) is 17.8 Å². The highest BCUT2D eigenvalue weighted by molar-refractivity contribution is 5.79. The van der Waals surface area contributed by atoms with E-state index in [2.05, 4.69) is 10.2 Å². The predicted octanol–water partition coefficient (Wildman–Crippen LogP) is 3.07.